The molecule has 3 heteroatoms. The van der Waals surface area contributed by atoms with Gasteiger partial charge in [0.05, 0.1) is 6.54 Å². The van der Waals surface area contributed by atoms with Gasteiger partial charge in [0.2, 0.25) is 0 Å². The molecule has 1 fully saturated rings. The fourth-order valence-corrected chi connectivity index (χ4v) is 5.37. The fraction of sp³-hybridized carbons (Fsp3) is 0.300. The second-order valence-corrected chi connectivity index (χ2v) is 8.91. The van der Waals surface area contributed by atoms with Gasteiger partial charge >= 0.3 is 8.32 Å². The number of benzene rings is 2. The largest absolute Gasteiger partial charge is 0.415 e. The molecule has 3 rings (SSSR count). The van der Waals surface area contributed by atoms with Crippen molar-refractivity contribution in [2.75, 3.05) is 19.6 Å². The highest BCUT2D eigenvalue weighted by Gasteiger charge is 2.34. The molecule has 23 heavy (non-hydrogen) atoms. The van der Waals surface area contributed by atoms with Gasteiger partial charge in [0.15, 0.2) is 0 Å². The lowest BCUT2D eigenvalue weighted by Gasteiger charge is -2.24. The van der Waals surface area contributed by atoms with E-state index in [0.29, 0.717) is 0 Å². The SMILES string of the molecule is O[Si](C#CCN1CCCCC1)(c1ccccc1)c1ccccc1. The Morgan fingerprint density at radius 1 is 0.826 bits per heavy atom. The molecule has 1 N–H and O–H groups in total. The molecule has 1 saturated heterocycles. The first kappa shape index (κ1) is 16.0. The second kappa shape index (κ2) is 7.61. The van der Waals surface area contributed by atoms with Gasteiger partial charge in [0, 0.05) is 0 Å². The number of piperidine rings is 1. The summed E-state index contributed by atoms with van der Waals surface area (Å²) in [6.07, 6.45) is 3.86. The summed E-state index contributed by atoms with van der Waals surface area (Å²) in [6.45, 7) is 3.02. The zero-order valence-electron chi connectivity index (χ0n) is 13.4. The maximum absolute atomic E-state index is 11.4. The van der Waals surface area contributed by atoms with Gasteiger partial charge in [-0.15, -0.1) is 0 Å². The van der Waals surface area contributed by atoms with E-state index in [1.165, 1.54) is 19.3 Å². The monoisotopic (exact) mass is 321 g/mol. The van der Waals surface area contributed by atoms with Gasteiger partial charge in [-0.3, -0.25) is 4.90 Å². The molecule has 0 aromatic heterocycles. The Morgan fingerprint density at radius 2 is 1.35 bits per heavy atom. The average Bonchev–Trinajstić information content (AvgIpc) is 2.64. The van der Waals surface area contributed by atoms with Crippen LogP contribution in [0, 0.1) is 11.5 Å². The molecule has 1 aliphatic rings. The summed E-state index contributed by atoms with van der Waals surface area (Å²) >= 11 is 0. The van der Waals surface area contributed by atoms with E-state index in [2.05, 4.69) is 16.4 Å². The lowest BCUT2D eigenvalue weighted by molar-refractivity contribution is 0.255. The van der Waals surface area contributed by atoms with Gasteiger partial charge in [0.25, 0.3) is 0 Å². The van der Waals surface area contributed by atoms with Crippen LogP contribution in [0.25, 0.3) is 0 Å². The molecule has 0 aliphatic carbocycles. The second-order valence-electron chi connectivity index (χ2n) is 6.08. The third-order valence-corrected chi connectivity index (χ3v) is 7.28. The molecule has 0 atom stereocenters. The number of rotatable bonds is 3. The van der Waals surface area contributed by atoms with E-state index in [-0.39, 0.29) is 0 Å². The zero-order chi connectivity index (χ0) is 16.0. The molecule has 0 saturated carbocycles. The number of likely N-dealkylation sites (tertiary alicyclic amines) is 1. The van der Waals surface area contributed by atoms with Crippen molar-refractivity contribution in [3.63, 3.8) is 0 Å². The Bertz CT molecular complexity index is 630. The van der Waals surface area contributed by atoms with Crippen LogP contribution in [0.3, 0.4) is 0 Å². The molecule has 2 nitrogen and oxygen atoms in total. The van der Waals surface area contributed by atoms with Crippen LogP contribution in [0.5, 0.6) is 0 Å². The zero-order valence-corrected chi connectivity index (χ0v) is 14.4. The molecule has 2 aromatic carbocycles. The van der Waals surface area contributed by atoms with E-state index >= 15 is 0 Å². The van der Waals surface area contributed by atoms with Gasteiger partial charge in [-0.25, -0.2) is 0 Å². The summed E-state index contributed by atoms with van der Waals surface area (Å²) in [6, 6.07) is 19.8. The molecule has 118 valence electrons. The molecule has 0 spiro atoms. The van der Waals surface area contributed by atoms with Crippen LogP contribution in [0.2, 0.25) is 0 Å². The van der Waals surface area contributed by atoms with E-state index < -0.39 is 8.32 Å². The number of hydrogen-bond donors (Lipinski definition) is 1. The average molecular weight is 321 g/mol. The maximum atomic E-state index is 11.4. The van der Waals surface area contributed by atoms with Gasteiger partial charge in [-0.1, -0.05) is 78.5 Å². The van der Waals surface area contributed by atoms with Gasteiger partial charge < -0.3 is 4.80 Å². The van der Waals surface area contributed by atoms with Crippen molar-refractivity contribution in [1.29, 1.82) is 0 Å². The van der Waals surface area contributed by atoms with Crippen LogP contribution < -0.4 is 10.4 Å². The van der Waals surface area contributed by atoms with Crippen LogP contribution >= 0.6 is 0 Å². The predicted molar refractivity (Wildman–Crippen MR) is 98.2 cm³/mol. The Morgan fingerprint density at radius 3 is 1.87 bits per heavy atom. The van der Waals surface area contributed by atoms with Crippen LogP contribution in [-0.4, -0.2) is 37.6 Å². The first-order valence-electron chi connectivity index (χ1n) is 8.35. The van der Waals surface area contributed by atoms with E-state index in [4.69, 9.17) is 0 Å². The Kier molecular flexibility index (Phi) is 5.30. The minimum Gasteiger partial charge on any atom is -0.415 e. The first-order valence-corrected chi connectivity index (χ1v) is 10.3. The van der Waals surface area contributed by atoms with E-state index in [0.717, 1.165) is 30.0 Å². The molecule has 1 aliphatic heterocycles. The molecular formula is C20H23NOSi. The minimum absolute atomic E-state index is 0.759. The summed E-state index contributed by atoms with van der Waals surface area (Å²) in [4.78, 5) is 13.8. The Hall–Kier alpha value is -1.86. The van der Waals surface area contributed by atoms with Crippen molar-refractivity contribution in [3.05, 3.63) is 60.7 Å². The Balaban J connectivity index is 1.87. The fourth-order valence-electron chi connectivity index (χ4n) is 3.07. The molecule has 2 aromatic rings. The van der Waals surface area contributed by atoms with Gasteiger partial charge in [-0.2, -0.15) is 0 Å². The van der Waals surface area contributed by atoms with Crippen LogP contribution in [-0.2, 0) is 0 Å². The van der Waals surface area contributed by atoms with Crippen molar-refractivity contribution in [2.45, 2.75) is 19.3 Å². The maximum Gasteiger partial charge on any atom is 0.334 e. The summed E-state index contributed by atoms with van der Waals surface area (Å²) in [5.74, 6) is 3.28. The number of nitrogens with zero attached hydrogens (tertiary/aromatic N) is 1. The minimum atomic E-state index is -2.97. The predicted octanol–water partition coefficient (Wildman–Crippen LogP) is 1.77. The molecule has 1 heterocycles. The van der Waals surface area contributed by atoms with Gasteiger partial charge in [0.1, 0.15) is 0 Å². The van der Waals surface area contributed by atoms with E-state index in [1.54, 1.807) is 0 Å². The summed E-state index contributed by atoms with van der Waals surface area (Å²) in [5.41, 5.74) is 3.28. The molecule has 0 bridgehead atoms. The number of hydrogen-bond acceptors (Lipinski definition) is 2. The Labute approximate surface area is 139 Å². The standard InChI is InChI=1S/C20H23NOSi/c22-23(19-11-4-1-5-12-19,20-13-6-2-7-14-20)18-10-17-21-15-8-3-9-16-21/h1-2,4-7,11-14,22H,3,8-9,15-17H2. The van der Waals surface area contributed by atoms with Crippen molar-refractivity contribution >= 4 is 18.7 Å². The summed E-state index contributed by atoms with van der Waals surface area (Å²) < 4.78 is 0. The van der Waals surface area contributed by atoms with Crippen LogP contribution in [0.15, 0.2) is 60.7 Å². The summed E-state index contributed by atoms with van der Waals surface area (Å²) in [5, 5.41) is 1.91. The van der Waals surface area contributed by atoms with Crippen molar-refractivity contribution < 1.29 is 4.80 Å². The highest BCUT2D eigenvalue weighted by Crippen LogP contribution is 2.07. The highest BCUT2D eigenvalue weighted by atomic mass is 28.4. The lowest BCUT2D eigenvalue weighted by atomic mass is 10.1. The smallest absolute Gasteiger partial charge is 0.334 e. The topological polar surface area (TPSA) is 23.5 Å². The lowest BCUT2D eigenvalue weighted by Crippen LogP contribution is -2.58. The molecule has 0 amide bonds. The normalized spacial score (nSPS) is 15.7. The van der Waals surface area contributed by atoms with Crippen LogP contribution in [0.1, 0.15) is 19.3 Å². The molecule has 0 radical (unpaired) electrons. The van der Waals surface area contributed by atoms with Crippen molar-refractivity contribution in [3.8, 4) is 11.5 Å². The van der Waals surface area contributed by atoms with E-state index in [9.17, 15) is 4.80 Å². The van der Waals surface area contributed by atoms with Crippen molar-refractivity contribution in [1.82, 2.24) is 4.90 Å². The molecule has 0 unspecified atom stereocenters. The first-order chi connectivity index (χ1) is 11.3. The highest BCUT2D eigenvalue weighted by molar-refractivity contribution is 7.02. The van der Waals surface area contributed by atoms with E-state index in [1.807, 2.05) is 60.7 Å². The molecular weight excluding hydrogens is 298 g/mol. The van der Waals surface area contributed by atoms with Gasteiger partial charge in [-0.05, 0) is 36.3 Å². The third kappa shape index (κ3) is 3.91. The summed E-state index contributed by atoms with van der Waals surface area (Å²) in [7, 11) is -2.97. The van der Waals surface area contributed by atoms with Crippen LogP contribution in [0.4, 0.5) is 0 Å². The third-order valence-electron chi connectivity index (χ3n) is 4.40. The quantitative estimate of drug-likeness (QED) is 0.688. The van der Waals surface area contributed by atoms with Crippen molar-refractivity contribution in [2.24, 2.45) is 0 Å².